The van der Waals surface area contributed by atoms with E-state index in [1.54, 1.807) is 0 Å². The molecule has 74 valence electrons. The van der Waals surface area contributed by atoms with Gasteiger partial charge in [-0.25, -0.2) is 0 Å². The molecule has 0 fully saturated rings. The minimum absolute atomic E-state index is 0.0707. The summed E-state index contributed by atoms with van der Waals surface area (Å²) in [6.07, 6.45) is 0.644. The molecule has 0 heterocycles. The van der Waals surface area contributed by atoms with Gasteiger partial charge in [-0.2, -0.15) is 0 Å². The highest BCUT2D eigenvalue weighted by atomic mass is 16.3. The lowest BCUT2D eigenvalue weighted by Gasteiger charge is -2.14. The maximum absolute atomic E-state index is 9.31. The predicted molar refractivity (Wildman–Crippen MR) is 58.7 cm³/mol. The number of rotatable bonds is 4. The maximum atomic E-state index is 9.31. The molecule has 2 heteroatoms. The van der Waals surface area contributed by atoms with Gasteiger partial charge in [0.05, 0.1) is 11.7 Å². The summed E-state index contributed by atoms with van der Waals surface area (Å²) in [4.78, 5) is 0. The monoisotopic (exact) mass is 189 g/mol. The maximum Gasteiger partial charge on any atom is 0.0943 e. The Balaban J connectivity index is 2.75. The normalized spacial score (nSPS) is 12.0. The van der Waals surface area contributed by atoms with Gasteiger partial charge in [0, 0.05) is 5.70 Å². The van der Waals surface area contributed by atoms with Crippen LogP contribution in [0.3, 0.4) is 0 Å². The summed E-state index contributed by atoms with van der Waals surface area (Å²) in [6.45, 7) is 7.12. The second-order valence-electron chi connectivity index (χ2n) is 3.31. The SMILES string of the molecule is C=C(N)C(Cc1ccccc1)C(=C)O. The van der Waals surface area contributed by atoms with Crippen LogP contribution in [0.2, 0.25) is 0 Å². The fourth-order valence-corrected chi connectivity index (χ4v) is 1.31. The molecule has 14 heavy (non-hydrogen) atoms. The molecule has 0 radical (unpaired) electrons. The van der Waals surface area contributed by atoms with Gasteiger partial charge in [-0.05, 0) is 12.0 Å². The Morgan fingerprint density at radius 1 is 1.29 bits per heavy atom. The van der Waals surface area contributed by atoms with Crippen molar-refractivity contribution in [3.8, 4) is 0 Å². The van der Waals surface area contributed by atoms with E-state index in [0.717, 1.165) is 5.56 Å². The average molecular weight is 189 g/mol. The number of benzene rings is 1. The molecular formula is C12H15NO. The van der Waals surface area contributed by atoms with Crippen molar-refractivity contribution < 1.29 is 5.11 Å². The van der Waals surface area contributed by atoms with Gasteiger partial charge >= 0.3 is 0 Å². The number of nitrogens with two attached hydrogens (primary N) is 1. The van der Waals surface area contributed by atoms with Crippen LogP contribution in [0.1, 0.15) is 5.56 Å². The molecule has 0 saturated carbocycles. The molecule has 3 N–H and O–H groups in total. The quantitative estimate of drug-likeness (QED) is 0.714. The molecule has 1 atom stereocenters. The van der Waals surface area contributed by atoms with E-state index < -0.39 is 0 Å². The van der Waals surface area contributed by atoms with Crippen molar-refractivity contribution in [1.82, 2.24) is 0 Å². The van der Waals surface area contributed by atoms with E-state index in [0.29, 0.717) is 12.1 Å². The molecule has 0 saturated heterocycles. The third-order valence-corrected chi connectivity index (χ3v) is 2.13. The van der Waals surface area contributed by atoms with Crippen molar-refractivity contribution >= 4 is 0 Å². The van der Waals surface area contributed by atoms with Gasteiger partial charge in [0.2, 0.25) is 0 Å². The van der Waals surface area contributed by atoms with Crippen LogP contribution in [0, 0.1) is 5.92 Å². The van der Waals surface area contributed by atoms with E-state index in [4.69, 9.17) is 5.73 Å². The molecule has 0 bridgehead atoms. The number of hydrogen-bond acceptors (Lipinski definition) is 2. The van der Waals surface area contributed by atoms with Crippen molar-refractivity contribution in [2.75, 3.05) is 0 Å². The van der Waals surface area contributed by atoms with E-state index in [-0.39, 0.29) is 11.7 Å². The van der Waals surface area contributed by atoms with Crippen LogP contribution in [0.15, 0.2) is 54.9 Å². The highest BCUT2D eigenvalue weighted by molar-refractivity contribution is 5.20. The average Bonchev–Trinajstić information content (AvgIpc) is 2.15. The predicted octanol–water partition coefficient (Wildman–Crippen LogP) is 2.39. The zero-order chi connectivity index (χ0) is 10.6. The van der Waals surface area contributed by atoms with Crippen molar-refractivity contribution in [2.24, 2.45) is 11.7 Å². The first-order valence-electron chi connectivity index (χ1n) is 4.47. The van der Waals surface area contributed by atoms with Crippen LogP contribution in [0.5, 0.6) is 0 Å². The first kappa shape index (κ1) is 10.4. The molecule has 0 aliphatic carbocycles. The summed E-state index contributed by atoms with van der Waals surface area (Å²) in [7, 11) is 0. The van der Waals surface area contributed by atoms with Crippen LogP contribution in [0.4, 0.5) is 0 Å². The Bertz CT molecular complexity index is 315. The Hall–Kier alpha value is -1.70. The van der Waals surface area contributed by atoms with Gasteiger partial charge in [-0.3, -0.25) is 0 Å². The van der Waals surface area contributed by atoms with Gasteiger partial charge in [0.1, 0.15) is 0 Å². The molecule has 2 nitrogen and oxygen atoms in total. The molecule has 0 aliphatic rings. The van der Waals surface area contributed by atoms with Gasteiger partial charge in [0.25, 0.3) is 0 Å². The molecule has 0 aliphatic heterocycles. The highest BCUT2D eigenvalue weighted by Crippen LogP contribution is 2.17. The van der Waals surface area contributed by atoms with Crippen LogP contribution < -0.4 is 5.73 Å². The third-order valence-electron chi connectivity index (χ3n) is 2.13. The zero-order valence-corrected chi connectivity index (χ0v) is 8.11. The van der Waals surface area contributed by atoms with Gasteiger partial charge in [0.15, 0.2) is 0 Å². The third kappa shape index (κ3) is 2.66. The highest BCUT2D eigenvalue weighted by Gasteiger charge is 2.13. The molecule has 1 aromatic rings. The summed E-state index contributed by atoms with van der Waals surface area (Å²) < 4.78 is 0. The lowest BCUT2D eigenvalue weighted by molar-refractivity contribution is 0.350. The summed E-state index contributed by atoms with van der Waals surface area (Å²) in [5.41, 5.74) is 7.13. The minimum Gasteiger partial charge on any atom is -0.512 e. The van der Waals surface area contributed by atoms with E-state index >= 15 is 0 Å². The lowest BCUT2D eigenvalue weighted by Crippen LogP contribution is -2.15. The molecule has 0 amide bonds. The lowest BCUT2D eigenvalue weighted by atomic mass is 9.96. The summed E-state index contributed by atoms with van der Waals surface area (Å²) in [6, 6.07) is 9.82. The second kappa shape index (κ2) is 4.51. The Kier molecular flexibility index (Phi) is 3.35. The van der Waals surface area contributed by atoms with Crippen molar-refractivity contribution in [3.05, 3.63) is 60.5 Å². The summed E-state index contributed by atoms with van der Waals surface area (Å²) in [5.74, 6) is -0.182. The number of aliphatic hydroxyl groups is 1. The fourth-order valence-electron chi connectivity index (χ4n) is 1.31. The van der Waals surface area contributed by atoms with Gasteiger partial charge in [-0.15, -0.1) is 0 Å². The van der Waals surface area contributed by atoms with E-state index in [2.05, 4.69) is 13.2 Å². The summed E-state index contributed by atoms with van der Waals surface area (Å²) in [5, 5.41) is 9.31. The van der Waals surface area contributed by atoms with Crippen LogP contribution in [-0.4, -0.2) is 5.11 Å². The molecule has 1 aromatic carbocycles. The molecule has 1 unspecified atom stereocenters. The Labute approximate surface area is 84.4 Å². The number of hydrogen-bond donors (Lipinski definition) is 2. The van der Waals surface area contributed by atoms with Crippen LogP contribution in [0.25, 0.3) is 0 Å². The largest absolute Gasteiger partial charge is 0.512 e. The minimum atomic E-state index is -0.252. The standard InChI is InChI=1S/C12H15NO/c1-9(13)12(10(2)14)8-11-6-4-3-5-7-11/h3-7,12,14H,1-2,8,13H2. The molecule has 1 rings (SSSR count). The van der Waals surface area contributed by atoms with E-state index in [1.165, 1.54) is 0 Å². The van der Waals surface area contributed by atoms with Gasteiger partial charge in [-0.1, -0.05) is 43.5 Å². The molecule has 0 aromatic heterocycles. The first-order chi connectivity index (χ1) is 6.61. The summed E-state index contributed by atoms with van der Waals surface area (Å²) >= 11 is 0. The Morgan fingerprint density at radius 2 is 1.86 bits per heavy atom. The van der Waals surface area contributed by atoms with E-state index in [1.807, 2.05) is 30.3 Å². The van der Waals surface area contributed by atoms with Crippen molar-refractivity contribution in [2.45, 2.75) is 6.42 Å². The molecular weight excluding hydrogens is 174 g/mol. The zero-order valence-electron chi connectivity index (χ0n) is 8.11. The first-order valence-corrected chi connectivity index (χ1v) is 4.47. The number of aliphatic hydroxyl groups excluding tert-OH is 1. The van der Waals surface area contributed by atoms with E-state index in [9.17, 15) is 5.11 Å². The van der Waals surface area contributed by atoms with Crippen molar-refractivity contribution in [3.63, 3.8) is 0 Å². The van der Waals surface area contributed by atoms with Crippen LogP contribution >= 0.6 is 0 Å². The smallest absolute Gasteiger partial charge is 0.0943 e. The second-order valence-corrected chi connectivity index (χ2v) is 3.31. The van der Waals surface area contributed by atoms with Gasteiger partial charge < -0.3 is 10.8 Å². The topological polar surface area (TPSA) is 46.2 Å². The Morgan fingerprint density at radius 3 is 2.29 bits per heavy atom. The van der Waals surface area contributed by atoms with Crippen molar-refractivity contribution in [1.29, 1.82) is 0 Å². The fraction of sp³-hybridized carbons (Fsp3) is 0.167. The molecule has 0 spiro atoms. The van der Waals surface area contributed by atoms with Crippen LogP contribution in [-0.2, 0) is 6.42 Å².